The van der Waals surface area contributed by atoms with Crippen molar-refractivity contribution in [3.63, 3.8) is 0 Å². The maximum Gasteiger partial charge on any atom is 0.257 e. The van der Waals surface area contributed by atoms with Gasteiger partial charge in [0, 0.05) is 11.4 Å². The van der Waals surface area contributed by atoms with Gasteiger partial charge in [-0.15, -0.1) is 0 Å². The molecule has 0 saturated heterocycles. The number of carbonyl (C=O) groups excluding carboxylic acids is 1. The van der Waals surface area contributed by atoms with E-state index in [4.69, 9.17) is 9.47 Å². The maximum atomic E-state index is 12.6. The number of nitrogens with zero attached hydrogens (tertiary/aromatic N) is 1. The van der Waals surface area contributed by atoms with E-state index in [-0.39, 0.29) is 5.91 Å². The van der Waals surface area contributed by atoms with E-state index in [1.54, 1.807) is 0 Å². The Balaban J connectivity index is 1.63. The summed E-state index contributed by atoms with van der Waals surface area (Å²) in [5, 5.41) is 2.91. The number of aromatic nitrogens is 1. The molecule has 1 N–H and O–H groups in total. The molecule has 0 saturated carbocycles. The SMILES string of the molecule is CCOc1ccc(Oc2ccc(NC(=O)c3ccc(C(C)C)nc3C)cc2)cc1. The van der Waals surface area contributed by atoms with E-state index in [9.17, 15) is 4.79 Å². The molecule has 3 rings (SSSR count). The number of benzene rings is 2. The van der Waals surface area contributed by atoms with Crippen molar-refractivity contribution in [3.05, 3.63) is 77.6 Å². The molecule has 0 aliphatic heterocycles. The molecule has 5 nitrogen and oxygen atoms in total. The fourth-order valence-electron chi connectivity index (χ4n) is 2.85. The highest BCUT2D eigenvalue weighted by atomic mass is 16.5. The number of rotatable bonds is 7. The third-order valence-corrected chi connectivity index (χ3v) is 4.43. The first kappa shape index (κ1) is 20.4. The van der Waals surface area contributed by atoms with Gasteiger partial charge in [0.05, 0.1) is 17.9 Å². The number of anilines is 1. The second-order valence-electron chi connectivity index (χ2n) is 7.01. The molecule has 0 bridgehead atoms. The molecular formula is C24H26N2O3. The molecule has 0 aliphatic carbocycles. The van der Waals surface area contributed by atoms with Crippen molar-refractivity contribution in [1.29, 1.82) is 0 Å². The van der Waals surface area contributed by atoms with Gasteiger partial charge in [0.15, 0.2) is 0 Å². The molecule has 29 heavy (non-hydrogen) atoms. The third-order valence-electron chi connectivity index (χ3n) is 4.43. The topological polar surface area (TPSA) is 60.5 Å². The monoisotopic (exact) mass is 390 g/mol. The van der Waals surface area contributed by atoms with Crippen LogP contribution in [-0.4, -0.2) is 17.5 Å². The van der Waals surface area contributed by atoms with E-state index < -0.39 is 0 Å². The summed E-state index contributed by atoms with van der Waals surface area (Å²) in [5.74, 6) is 2.37. The molecule has 5 heteroatoms. The van der Waals surface area contributed by atoms with Crippen LogP contribution in [0.1, 0.15) is 48.4 Å². The summed E-state index contributed by atoms with van der Waals surface area (Å²) in [6, 6.07) is 18.5. The Bertz CT molecular complexity index is 964. The van der Waals surface area contributed by atoms with Gasteiger partial charge in [-0.3, -0.25) is 9.78 Å². The van der Waals surface area contributed by atoms with Crippen LogP contribution in [0.4, 0.5) is 5.69 Å². The summed E-state index contributed by atoms with van der Waals surface area (Å²) in [6.45, 7) is 8.60. The number of pyridine rings is 1. The maximum absolute atomic E-state index is 12.6. The van der Waals surface area contributed by atoms with Crippen molar-refractivity contribution in [2.45, 2.75) is 33.6 Å². The minimum absolute atomic E-state index is 0.175. The zero-order valence-electron chi connectivity index (χ0n) is 17.2. The molecule has 1 amide bonds. The van der Waals surface area contributed by atoms with Crippen molar-refractivity contribution in [2.75, 3.05) is 11.9 Å². The zero-order valence-corrected chi connectivity index (χ0v) is 17.2. The predicted octanol–water partition coefficient (Wildman–Crippen LogP) is 5.96. The molecule has 0 aliphatic rings. The highest BCUT2D eigenvalue weighted by Crippen LogP contribution is 2.25. The Morgan fingerprint density at radius 1 is 0.931 bits per heavy atom. The van der Waals surface area contributed by atoms with Gasteiger partial charge < -0.3 is 14.8 Å². The van der Waals surface area contributed by atoms with E-state index in [1.807, 2.05) is 74.5 Å². The minimum atomic E-state index is -0.175. The molecular weight excluding hydrogens is 364 g/mol. The van der Waals surface area contributed by atoms with Gasteiger partial charge in [-0.1, -0.05) is 13.8 Å². The lowest BCUT2D eigenvalue weighted by Gasteiger charge is -2.11. The number of aryl methyl sites for hydroxylation is 1. The highest BCUT2D eigenvalue weighted by Gasteiger charge is 2.12. The Hall–Kier alpha value is -3.34. The zero-order chi connectivity index (χ0) is 20.8. The van der Waals surface area contributed by atoms with Crippen molar-refractivity contribution < 1.29 is 14.3 Å². The number of hydrogen-bond acceptors (Lipinski definition) is 4. The number of nitrogens with one attached hydrogen (secondary N) is 1. The largest absolute Gasteiger partial charge is 0.494 e. The number of carbonyl (C=O) groups is 1. The van der Waals surface area contributed by atoms with Gasteiger partial charge in [0.2, 0.25) is 0 Å². The number of hydrogen-bond donors (Lipinski definition) is 1. The molecule has 1 heterocycles. The van der Waals surface area contributed by atoms with Gasteiger partial charge in [-0.2, -0.15) is 0 Å². The average Bonchev–Trinajstić information content (AvgIpc) is 2.71. The fourth-order valence-corrected chi connectivity index (χ4v) is 2.85. The lowest BCUT2D eigenvalue weighted by molar-refractivity contribution is 0.102. The summed E-state index contributed by atoms with van der Waals surface area (Å²) >= 11 is 0. The summed E-state index contributed by atoms with van der Waals surface area (Å²) < 4.78 is 11.3. The van der Waals surface area contributed by atoms with Crippen LogP contribution < -0.4 is 14.8 Å². The first-order valence-electron chi connectivity index (χ1n) is 9.76. The van der Waals surface area contributed by atoms with Crippen LogP contribution in [0.15, 0.2) is 60.7 Å². The van der Waals surface area contributed by atoms with Crippen LogP contribution in [0.5, 0.6) is 17.2 Å². The molecule has 0 fully saturated rings. The van der Waals surface area contributed by atoms with Gasteiger partial charge in [-0.05, 0) is 80.4 Å². The summed E-state index contributed by atoms with van der Waals surface area (Å²) in [6.07, 6.45) is 0. The summed E-state index contributed by atoms with van der Waals surface area (Å²) in [7, 11) is 0. The van der Waals surface area contributed by atoms with E-state index in [1.165, 1.54) is 0 Å². The Morgan fingerprint density at radius 2 is 1.52 bits per heavy atom. The van der Waals surface area contributed by atoms with Crippen molar-refractivity contribution in [3.8, 4) is 17.2 Å². The first-order chi connectivity index (χ1) is 14.0. The second kappa shape index (κ2) is 9.24. The lowest BCUT2D eigenvalue weighted by atomic mass is 10.1. The van der Waals surface area contributed by atoms with Crippen LogP contribution in [0.2, 0.25) is 0 Å². The Labute approximate surface area is 171 Å². The van der Waals surface area contributed by atoms with E-state index in [2.05, 4.69) is 24.1 Å². The quantitative estimate of drug-likeness (QED) is 0.541. The molecule has 0 unspecified atom stereocenters. The minimum Gasteiger partial charge on any atom is -0.494 e. The van der Waals surface area contributed by atoms with E-state index >= 15 is 0 Å². The smallest absolute Gasteiger partial charge is 0.257 e. The molecule has 3 aromatic rings. The van der Waals surface area contributed by atoms with E-state index in [0.717, 1.165) is 22.9 Å². The number of ether oxygens (including phenoxy) is 2. The standard InChI is InChI=1S/C24H26N2O3/c1-5-28-19-10-12-21(13-11-19)29-20-8-6-18(7-9-20)26-24(27)22-14-15-23(16(2)3)25-17(22)4/h6-16H,5H2,1-4H3,(H,26,27). The second-order valence-corrected chi connectivity index (χ2v) is 7.01. The van der Waals surface area contributed by atoms with Crippen LogP contribution in [0, 0.1) is 6.92 Å². The Morgan fingerprint density at radius 3 is 2.07 bits per heavy atom. The van der Waals surface area contributed by atoms with Gasteiger partial charge in [-0.25, -0.2) is 0 Å². The molecule has 150 valence electrons. The summed E-state index contributed by atoms with van der Waals surface area (Å²) in [4.78, 5) is 17.1. The first-order valence-corrected chi connectivity index (χ1v) is 9.76. The van der Waals surface area contributed by atoms with Crippen molar-refractivity contribution >= 4 is 11.6 Å². The normalized spacial score (nSPS) is 10.7. The summed E-state index contributed by atoms with van der Waals surface area (Å²) in [5.41, 5.74) is 2.98. The molecule has 1 aromatic heterocycles. The fraction of sp³-hybridized carbons (Fsp3) is 0.250. The van der Waals surface area contributed by atoms with Crippen molar-refractivity contribution in [1.82, 2.24) is 4.98 Å². The van der Waals surface area contributed by atoms with Gasteiger partial charge in [0.1, 0.15) is 17.2 Å². The Kier molecular flexibility index (Phi) is 6.50. The van der Waals surface area contributed by atoms with Gasteiger partial charge >= 0.3 is 0 Å². The van der Waals surface area contributed by atoms with Crippen LogP contribution in [-0.2, 0) is 0 Å². The van der Waals surface area contributed by atoms with Gasteiger partial charge in [0.25, 0.3) is 5.91 Å². The number of amides is 1. The predicted molar refractivity (Wildman–Crippen MR) is 115 cm³/mol. The van der Waals surface area contributed by atoms with Crippen LogP contribution >= 0.6 is 0 Å². The molecule has 0 spiro atoms. The molecule has 2 aromatic carbocycles. The highest BCUT2D eigenvalue weighted by molar-refractivity contribution is 6.05. The molecule has 0 radical (unpaired) electrons. The van der Waals surface area contributed by atoms with E-state index in [0.29, 0.717) is 29.5 Å². The molecule has 0 atom stereocenters. The van der Waals surface area contributed by atoms with Crippen LogP contribution in [0.3, 0.4) is 0 Å². The third kappa shape index (κ3) is 5.35. The van der Waals surface area contributed by atoms with Crippen LogP contribution in [0.25, 0.3) is 0 Å². The average molecular weight is 390 g/mol. The van der Waals surface area contributed by atoms with Crippen molar-refractivity contribution in [2.24, 2.45) is 0 Å². The lowest BCUT2D eigenvalue weighted by Crippen LogP contribution is -2.14.